The second kappa shape index (κ2) is 13.7. The Bertz CT molecular complexity index is 1390. The summed E-state index contributed by atoms with van der Waals surface area (Å²) in [6, 6.07) is 11.8. The van der Waals surface area contributed by atoms with Crippen LogP contribution in [0.1, 0.15) is 59.5 Å². The van der Waals surface area contributed by atoms with E-state index in [0.29, 0.717) is 25.5 Å². The Morgan fingerprint density at radius 1 is 1.17 bits per heavy atom. The minimum Gasteiger partial charge on any atom is -0.378 e. The fourth-order valence-electron chi connectivity index (χ4n) is 4.70. The van der Waals surface area contributed by atoms with E-state index in [9.17, 15) is 18.0 Å². The van der Waals surface area contributed by atoms with Gasteiger partial charge in [0.2, 0.25) is 0 Å². The molecule has 1 atom stereocenters. The van der Waals surface area contributed by atoms with Gasteiger partial charge in [-0.05, 0) is 74.2 Å². The Labute approximate surface area is 238 Å². The van der Waals surface area contributed by atoms with Gasteiger partial charge in [-0.25, -0.2) is 0 Å². The number of alkyl halides is 3. The molecule has 41 heavy (non-hydrogen) atoms. The molecule has 6 nitrogen and oxygen atoms in total. The van der Waals surface area contributed by atoms with Gasteiger partial charge in [-0.15, -0.1) is 12.3 Å². The third-order valence-corrected chi connectivity index (χ3v) is 6.98. The van der Waals surface area contributed by atoms with Gasteiger partial charge in [0, 0.05) is 49.1 Å². The van der Waals surface area contributed by atoms with E-state index >= 15 is 0 Å². The molecular weight excluding hydrogens is 531 g/mol. The van der Waals surface area contributed by atoms with Crippen molar-refractivity contribution in [3.05, 3.63) is 77.1 Å². The van der Waals surface area contributed by atoms with Gasteiger partial charge in [0.1, 0.15) is 0 Å². The molecular formula is C32H34F3N3O3. The fourth-order valence-corrected chi connectivity index (χ4v) is 4.70. The standard InChI is InChI=1S/C32H34F3N3O3/c1-4-5-6-7-15-41-23(3)30-29(38-13-16-40-17-14-38)19-25(21-36-30)28-20-27(12-11-22(28)2)37-31(39)24-9-8-10-26(18-24)32(33,34)35/h1,8-12,18-21,23H,5-7,13-17H2,2-3H3,(H,37,39). The Morgan fingerprint density at radius 3 is 2.68 bits per heavy atom. The lowest BCUT2D eigenvalue weighted by molar-refractivity contribution is -0.137. The van der Waals surface area contributed by atoms with E-state index in [0.717, 1.165) is 72.6 Å². The molecule has 1 fully saturated rings. The van der Waals surface area contributed by atoms with Crippen LogP contribution < -0.4 is 10.2 Å². The van der Waals surface area contributed by atoms with Crippen molar-refractivity contribution in [1.29, 1.82) is 0 Å². The highest BCUT2D eigenvalue weighted by Gasteiger charge is 2.31. The molecule has 1 amide bonds. The Kier molecular flexibility index (Phi) is 10.0. The molecule has 216 valence electrons. The van der Waals surface area contributed by atoms with Crippen molar-refractivity contribution < 1.29 is 27.4 Å². The number of nitrogens with one attached hydrogen (secondary N) is 1. The number of morpholine rings is 1. The van der Waals surface area contributed by atoms with E-state index in [1.165, 1.54) is 12.1 Å². The summed E-state index contributed by atoms with van der Waals surface area (Å²) >= 11 is 0. The average molecular weight is 566 g/mol. The first kappa shape index (κ1) is 30.1. The van der Waals surface area contributed by atoms with Crippen molar-refractivity contribution in [3.8, 4) is 23.5 Å². The highest BCUT2D eigenvalue weighted by molar-refractivity contribution is 6.04. The first-order valence-electron chi connectivity index (χ1n) is 13.6. The van der Waals surface area contributed by atoms with Gasteiger partial charge in [-0.3, -0.25) is 9.78 Å². The third kappa shape index (κ3) is 7.87. The Hall–Kier alpha value is -3.87. The summed E-state index contributed by atoms with van der Waals surface area (Å²) in [7, 11) is 0. The van der Waals surface area contributed by atoms with Crippen molar-refractivity contribution in [2.24, 2.45) is 0 Å². The molecule has 1 saturated heterocycles. The molecule has 4 rings (SSSR count). The summed E-state index contributed by atoms with van der Waals surface area (Å²) in [6.45, 7) is 7.20. The van der Waals surface area contributed by atoms with Crippen LogP contribution in [-0.2, 0) is 15.7 Å². The Morgan fingerprint density at radius 2 is 1.95 bits per heavy atom. The summed E-state index contributed by atoms with van der Waals surface area (Å²) in [4.78, 5) is 19.9. The van der Waals surface area contributed by atoms with Gasteiger partial charge < -0.3 is 19.7 Å². The zero-order chi connectivity index (χ0) is 29.4. The van der Waals surface area contributed by atoms with Gasteiger partial charge in [0.15, 0.2) is 0 Å². The number of carbonyl (C=O) groups is 1. The van der Waals surface area contributed by atoms with Crippen molar-refractivity contribution >= 4 is 17.3 Å². The number of hydrogen-bond acceptors (Lipinski definition) is 5. The van der Waals surface area contributed by atoms with Crippen LogP contribution in [0.2, 0.25) is 0 Å². The van der Waals surface area contributed by atoms with Crippen LogP contribution >= 0.6 is 0 Å². The summed E-state index contributed by atoms with van der Waals surface area (Å²) < 4.78 is 51.1. The second-order valence-corrected chi connectivity index (χ2v) is 9.96. The number of nitrogens with zero attached hydrogens (tertiary/aromatic N) is 2. The number of unbranched alkanes of at least 4 members (excludes halogenated alkanes) is 2. The molecule has 2 heterocycles. The molecule has 2 aromatic carbocycles. The number of hydrogen-bond donors (Lipinski definition) is 1. The van der Waals surface area contributed by atoms with Crippen molar-refractivity contribution in [2.45, 2.75) is 45.4 Å². The second-order valence-electron chi connectivity index (χ2n) is 9.96. The van der Waals surface area contributed by atoms with E-state index in [1.54, 1.807) is 12.3 Å². The normalized spacial score (nSPS) is 14.4. The number of carbonyl (C=O) groups excluding carboxylic acids is 1. The van der Waals surface area contributed by atoms with Gasteiger partial charge in [0.05, 0.1) is 36.3 Å². The number of terminal acetylenes is 1. The highest BCUT2D eigenvalue weighted by Crippen LogP contribution is 2.35. The monoisotopic (exact) mass is 565 g/mol. The smallest absolute Gasteiger partial charge is 0.378 e. The minimum atomic E-state index is -4.53. The number of amides is 1. The third-order valence-electron chi connectivity index (χ3n) is 6.98. The van der Waals surface area contributed by atoms with E-state index in [1.807, 2.05) is 26.0 Å². The van der Waals surface area contributed by atoms with Crippen LogP contribution in [0.5, 0.6) is 0 Å². The van der Waals surface area contributed by atoms with Gasteiger partial charge in [0.25, 0.3) is 5.91 Å². The maximum absolute atomic E-state index is 13.1. The molecule has 1 aliphatic rings. The Balaban J connectivity index is 1.59. The topological polar surface area (TPSA) is 63.7 Å². The van der Waals surface area contributed by atoms with Crippen LogP contribution in [0.25, 0.3) is 11.1 Å². The van der Waals surface area contributed by atoms with Crippen LogP contribution in [0.3, 0.4) is 0 Å². The molecule has 0 aliphatic carbocycles. The lowest BCUT2D eigenvalue weighted by Crippen LogP contribution is -2.37. The molecule has 9 heteroatoms. The quantitative estimate of drug-likeness (QED) is 0.211. The molecule has 1 unspecified atom stereocenters. The number of aryl methyl sites for hydroxylation is 1. The number of rotatable bonds is 10. The summed E-state index contributed by atoms with van der Waals surface area (Å²) in [5, 5.41) is 2.73. The fraction of sp³-hybridized carbons (Fsp3) is 0.375. The van der Waals surface area contributed by atoms with Crippen LogP contribution in [-0.4, -0.2) is 43.8 Å². The van der Waals surface area contributed by atoms with E-state index in [2.05, 4.69) is 22.2 Å². The lowest BCUT2D eigenvalue weighted by atomic mass is 9.99. The largest absolute Gasteiger partial charge is 0.416 e. The van der Waals surface area contributed by atoms with E-state index in [-0.39, 0.29) is 11.7 Å². The molecule has 1 N–H and O–H groups in total. The predicted molar refractivity (Wildman–Crippen MR) is 154 cm³/mol. The molecule has 0 spiro atoms. The van der Waals surface area contributed by atoms with E-state index < -0.39 is 17.6 Å². The first-order valence-corrected chi connectivity index (χ1v) is 13.6. The highest BCUT2D eigenvalue weighted by atomic mass is 19.4. The van der Waals surface area contributed by atoms with E-state index in [4.69, 9.17) is 20.9 Å². The first-order chi connectivity index (χ1) is 19.7. The number of halogens is 3. The number of benzene rings is 2. The maximum atomic E-state index is 13.1. The number of pyridine rings is 1. The summed E-state index contributed by atoms with van der Waals surface area (Å²) in [5.74, 6) is 2.02. The molecule has 1 aliphatic heterocycles. The zero-order valence-corrected chi connectivity index (χ0v) is 23.3. The van der Waals surface area contributed by atoms with Crippen LogP contribution in [0.15, 0.2) is 54.7 Å². The van der Waals surface area contributed by atoms with Crippen molar-refractivity contribution in [3.63, 3.8) is 0 Å². The van der Waals surface area contributed by atoms with Gasteiger partial charge in [-0.1, -0.05) is 12.1 Å². The molecule has 0 bridgehead atoms. The molecule has 1 aromatic heterocycles. The van der Waals surface area contributed by atoms with Crippen molar-refractivity contribution in [2.75, 3.05) is 43.1 Å². The van der Waals surface area contributed by atoms with Gasteiger partial charge >= 0.3 is 6.18 Å². The van der Waals surface area contributed by atoms with Crippen LogP contribution in [0, 0.1) is 19.3 Å². The molecule has 0 saturated carbocycles. The molecule has 3 aromatic rings. The average Bonchev–Trinajstić information content (AvgIpc) is 2.97. The number of anilines is 2. The maximum Gasteiger partial charge on any atom is 0.416 e. The number of aromatic nitrogens is 1. The van der Waals surface area contributed by atoms with Gasteiger partial charge in [-0.2, -0.15) is 13.2 Å². The number of ether oxygens (including phenoxy) is 2. The van der Waals surface area contributed by atoms with Crippen LogP contribution in [0.4, 0.5) is 24.5 Å². The minimum absolute atomic E-state index is 0.0733. The predicted octanol–water partition coefficient (Wildman–Crippen LogP) is 7.05. The SMILES string of the molecule is C#CCCCCOC(C)c1ncc(-c2cc(NC(=O)c3cccc(C(F)(F)F)c3)ccc2C)cc1N1CCOCC1. The molecule has 0 radical (unpaired) electrons. The van der Waals surface area contributed by atoms with Crippen molar-refractivity contribution in [1.82, 2.24) is 4.98 Å². The summed E-state index contributed by atoms with van der Waals surface area (Å²) in [5.41, 5.74) is 3.97. The summed E-state index contributed by atoms with van der Waals surface area (Å²) in [6.07, 6.45) is 4.88. The lowest BCUT2D eigenvalue weighted by Gasteiger charge is -2.31. The zero-order valence-electron chi connectivity index (χ0n) is 23.3.